The second-order valence-electron chi connectivity index (χ2n) is 5.63. The second-order valence-corrected chi connectivity index (χ2v) is 6.06. The predicted molar refractivity (Wildman–Crippen MR) is 101 cm³/mol. The highest BCUT2D eigenvalue weighted by molar-refractivity contribution is 6.30. The lowest BCUT2D eigenvalue weighted by atomic mass is 9.99. The lowest BCUT2D eigenvalue weighted by Crippen LogP contribution is -2.12. The van der Waals surface area contributed by atoms with E-state index in [2.05, 4.69) is 4.98 Å². The van der Waals surface area contributed by atoms with Gasteiger partial charge in [-0.05, 0) is 41.5 Å². The minimum Gasteiger partial charge on any atom is -0.482 e. The molecule has 0 spiro atoms. The molecular formula is C20H13ClN2O4. The zero-order valence-electron chi connectivity index (χ0n) is 13.9. The summed E-state index contributed by atoms with van der Waals surface area (Å²) in [6, 6.07) is 17.1. The Labute approximate surface area is 159 Å². The molecule has 2 aromatic carbocycles. The van der Waals surface area contributed by atoms with Crippen molar-refractivity contribution in [2.24, 2.45) is 0 Å². The van der Waals surface area contributed by atoms with Crippen LogP contribution in [0.4, 0.5) is 0 Å². The molecule has 3 rings (SSSR count). The van der Waals surface area contributed by atoms with Crippen LogP contribution in [-0.4, -0.2) is 22.7 Å². The number of H-pyrrole nitrogens is 1. The number of hydrogen-bond donors (Lipinski definition) is 2. The van der Waals surface area contributed by atoms with Gasteiger partial charge in [0.05, 0.1) is 0 Å². The molecule has 0 aliphatic heterocycles. The predicted octanol–water partition coefficient (Wildman–Crippen LogP) is 3.70. The topological polar surface area (TPSA) is 103 Å². The Morgan fingerprint density at radius 1 is 1.11 bits per heavy atom. The molecule has 0 radical (unpaired) electrons. The van der Waals surface area contributed by atoms with Gasteiger partial charge < -0.3 is 14.8 Å². The van der Waals surface area contributed by atoms with E-state index in [1.165, 1.54) is 0 Å². The molecule has 1 aromatic heterocycles. The van der Waals surface area contributed by atoms with Crippen LogP contribution >= 0.6 is 11.6 Å². The van der Waals surface area contributed by atoms with Crippen molar-refractivity contribution >= 4 is 17.6 Å². The summed E-state index contributed by atoms with van der Waals surface area (Å²) in [5.74, 6) is -0.699. The Hall–Kier alpha value is -3.56. The van der Waals surface area contributed by atoms with Gasteiger partial charge in [-0.3, -0.25) is 4.79 Å². The van der Waals surface area contributed by atoms with Crippen LogP contribution in [0.25, 0.3) is 22.4 Å². The van der Waals surface area contributed by atoms with Crippen LogP contribution in [0, 0.1) is 11.3 Å². The summed E-state index contributed by atoms with van der Waals surface area (Å²) in [5.41, 5.74) is 1.91. The van der Waals surface area contributed by atoms with Gasteiger partial charge in [-0.25, -0.2) is 4.79 Å². The van der Waals surface area contributed by atoms with Crippen molar-refractivity contribution in [1.82, 2.24) is 4.98 Å². The lowest BCUT2D eigenvalue weighted by Gasteiger charge is -2.09. The Morgan fingerprint density at radius 3 is 2.33 bits per heavy atom. The van der Waals surface area contributed by atoms with Crippen LogP contribution in [0.15, 0.2) is 59.4 Å². The van der Waals surface area contributed by atoms with Crippen molar-refractivity contribution in [2.45, 2.75) is 0 Å². The maximum atomic E-state index is 12.4. The Morgan fingerprint density at radius 2 is 1.74 bits per heavy atom. The first-order valence-electron chi connectivity index (χ1n) is 7.86. The summed E-state index contributed by atoms with van der Waals surface area (Å²) < 4.78 is 5.10. The molecule has 3 aromatic rings. The molecule has 27 heavy (non-hydrogen) atoms. The standard InChI is InChI=1S/C20H13ClN2O4/c21-14-5-1-13(2-6-14)18-9-16(17(10-22)20(26)23-18)12-3-7-15(8-4-12)27-11-19(24)25/h1-9H,11H2,(H,23,26)(H,24,25). The molecule has 134 valence electrons. The number of aromatic amines is 1. The molecule has 0 unspecified atom stereocenters. The molecule has 0 saturated carbocycles. The first kappa shape index (κ1) is 18.2. The average molecular weight is 381 g/mol. The van der Waals surface area contributed by atoms with E-state index in [1.54, 1.807) is 54.6 Å². The van der Waals surface area contributed by atoms with Crippen LogP contribution in [0.2, 0.25) is 5.02 Å². The van der Waals surface area contributed by atoms with E-state index in [4.69, 9.17) is 21.4 Å². The van der Waals surface area contributed by atoms with Gasteiger partial charge >= 0.3 is 5.97 Å². The number of nitrogens with one attached hydrogen (secondary N) is 1. The first-order chi connectivity index (χ1) is 13.0. The van der Waals surface area contributed by atoms with Gasteiger partial charge in [0.2, 0.25) is 0 Å². The summed E-state index contributed by atoms with van der Waals surface area (Å²) >= 11 is 5.90. The fraction of sp³-hybridized carbons (Fsp3) is 0.0500. The summed E-state index contributed by atoms with van der Waals surface area (Å²) in [4.78, 5) is 25.6. The highest BCUT2D eigenvalue weighted by Crippen LogP contribution is 2.28. The lowest BCUT2D eigenvalue weighted by molar-refractivity contribution is -0.139. The Kier molecular flexibility index (Phi) is 5.25. The second kappa shape index (κ2) is 7.77. The van der Waals surface area contributed by atoms with Gasteiger partial charge in [0.25, 0.3) is 5.56 Å². The van der Waals surface area contributed by atoms with Gasteiger partial charge in [0.15, 0.2) is 6.61 Å². The summed E-state index contributed by atoms with van der Waals surface area (Å²) in [5, 5.41) is 18.6. The van der Waals surface area contributed by atoms with E-state index in [-0.39, 0.29) is 5.56 Å². The molecule has 7 heteroatoms. The van der Waals surface area contributed by atoms with E-state index < -0.39 is 18.1 Å². The van der Waals surface area contributed by atoms with Gasteiger partial charge in [-0.2, -0.15) is 5.26 Å². The van der Waals surface area contributed by atoms with Crippen molar-refractivity contribution in [3.63, 3.8) is 0 Å². The van der Waals surface area contributed by atoms with Crippen molar-refractivity contribution < 1.29 is 14.6 Å². The van der Waals surface area contributed by atoms with E-state index in [9.17, 15) is 14.9 Å². The van der Waals surface area contributed by atoms with Crippen molar-refractivity contribution in [3.05, 3.63) is 75.5 Å². The van der Waals surface area contributed by atoms with Crippen molar-refractivity contribution in [3.8, 4) is 34.2 Å². The quantitative estimate of drug-likeness (QED) is 0.702. The fourth-order valence-corrected chi connectivity index (χ4v) is 2.69. The normalized spacial score (nSPS) is 10.2. The minimum absolute atomic E-state index is 0.00748. The fourth-order valence-electron chi connectivity index (χ4n) is 2.56. The molecular weight excluding hydrogens is 368 g/mol. The number of hydrogen-bond acceptors (Lipinski definition) is 4. The molecule has 0 aliphatic rings. The Balaban J connectivity index is 2.03. The molecule has 2 N–H and O–H groups in total. The molecule has 0 fully saturated rings. The number of nitrogens with zero attached hydrogens (tertiary/aromatic N) is 1. The van der Waals surface area contributed by atoms with Crippen molar-refractivity contribution in [2.75, 3.05) is 6.61 Å². The monoisotopic (exact) mass is 380 g/mol. The molecule has 6 nitrogen and oxygen atoms in total. The van der Waals surface area contributed by atoms with E-state index in [1.807, 2.05) is 6.07 Å². The van der Waals surface area contributed by atoms with Gasteiger partial charge in [-0.15, -0.1) is 0 Å². The number of ether oxygens (including phenoxy) is 1. The zero-order chi connectivity index (χ0) is 19.4. The molecule has 1 heterocycles. The number of benzene rings is 2. The summed E-state index contributed by atoms with van der Waals surface area (Å²) in [7, 11) is 0. The number of carbonyl (C=O) groups is 1. The molecule has 0 atom stereocenters. The third-order valence-corrected chi connectivity index (χ3v) is 4.08. The number of carboxylic acid groups (broad SMARTS) is 1. The smallest absolute Gasteiger partial charge is 0.341 e. The third kappa shape index (κ3) is 4.17. The average Bonchev–Trinajstić information content (AvgIpc) is 2.66. The van der Waals surface area contributed by atoms with Crippen LogP contribution in [0.3, 0.4) is 0 Å². The number of carboxylic acids is 1. The van der Waals surface area contributed by atoms with Gasteiger partial charge in [0, 0.05) is 16.3 Å². The number of halogens is 1. The van der Waals surface area contributed by atoms with Crippen LogP contribution in [0.5, 0.6) is 5.75 Å². The van der Waals surface area contributed by atoms with Crippen LogP contribution in [0.1, 0.15) is 5.56 Å². The summed E-state index contributed by atoms with van der Waals surface area (Å²) in [6.45, 7) is -0.450. The highest BCUT2D eigenvalue weighted by Gasteiger charge is 2.13. The Bertz CT molecular complexity index is 1080. The number of nitriles is 1. The molecule has 0 bridgehead atoms. The van der Waals surface area contributed by atoms with E-state index >= 15 is 0 Å². The van der Waals surface area contributed by atoms with Crippen molar-refractivity contribution in [1.29, 1.82) is 5.26 Å². The summed E-state index contributed by atoms with van der Waals surface area (Å²) in [6.07, 6.45) is 0. The number of aliphatic carboxylic acids is 1. The van der Waals surface area contributed by atoms with Crippen LogP contribution in [-0.2, 0) is 4.79 Å². The SMILES string of the molecule is N#Cc1c(-c2ccc(OCC(=O)O)cc2)cc(-c2ccc(Cl)cc2)[nH]c1=O. The molecule has 0 amide bonds. The molecule has 0 aliphatic carbocycles. The largest absolute Gasteiger partial charge is 0.482 e. The van der Waals surface area contributed by atoms with E-state index in [0.29, 0.717) is 27.6 Å². The van der Waals surface area contributed by atoms with Gasteiger partial charge in [-0.1, -0.05) is 35.9 Å². The minimum atomic E-state index is -1.08. The van der Waals surface area contributed by atoms with Gasteiger partial charge in [0.1, 0.15) is 17.4 Å². The van der Waals surface area contributed by atoms with Crippen LogP contribution < -0.4 is 10.3 Å². The highest BCUT2D eigenvalue weighted by atomic mass is 35.5. The van der Waals surface area contributed by atoms with E-state index in [0.717, 1.165) is 5.56 Å². The maximum Gasteiger partial charge on any atom is 0.341 e. The number of aromatic nitrogens is 1. The number of pyridine rings is 1. The zero-order valence-corrected chi connectivity index (χ0v) is 14.7. The first-order valence-corrected chi connectivity index (χ1v) is 8.24. The maximum absolute atomic E-state index is 12.4. The third-order valence-electron chi connectivity index (χ3n) is 3.83. The molecule has 0 saturated heterocycles. The number of rotatable bonds is 5.